The van der Waals surface area contributed by atoms with Gasteiger partial charge < -0.3 is 9.64 Å². The van der Waals surface area contributed by atoms with Gasteiger partial charge in [0.2, 0.25) is 15.9 Å². The Morgan fingerprint density at radius 1 is 1.30 bits per heavy atom. The average molecular weight is 414 g/mol. The molecule has 1 N–H and O–H groups in total. The number of nitrogens with one attached hydrogen (secondary N) is 1. The summed E-state index contributed by atoms with van der Waals surface area (Å²) in [6.07, 6.45) is 0.923. The van der Waals surface area contributed by atoms with E-state index in [4.69, 9.17) is 4.74 Å². The smallest absolute Gasteiger partial charge is 0.308 e. The lowest BCUT2D eigenvalue weighted by Crippen LogP contribution is -2.41. The lowest BCUT2D eigenvalue weighted by Gasteiger charge is -2.26. The summed E-state index contributed by atoms with van der Waals surface area (Å²) in [7, 11) is -3.58. The highest BCUT2D eigenvalue weighted by atomic mass is 32.2. The number of sulfonamides is 1. The molecular weight excluding hydrogens is 390 g/mol. The van der Waals surface area contributed by atoms with Crippen molar-refractivity contribution in [2.75, 3.05) is 32.8 Å². The molecule has 1 saturated heterocycles. The number of nitrogens with zero attached hydrogens (tertiary/aromatic N) is 2. The minimum atomic E-state index is -3.58. The van der Waals surface area contributed by atoms with E-state index in [1.807, 2.05) is 6.92 Å². The molecule has 0 spiro atoms. The molecule has 0 bridgehead atoms. The van der Waals surface area contributed by atoms with Gasteiger partial charge in [-0.15, -0.1) is 0 Å². The fourth-order valence-corrected chi connectivity index (χ4v) is 5.11. The molecule has 0 unspecified atom stereocenters. The Bertz CT molecular complexity index is 974. The minimum absolute atomic E-state index is 0.00693. The second-order valence-electron chi connectivity index (χ2n) is 6.29. The Balaban J connectivity index is 1.78. The maximum atomic E-state index is 12.3. The van der Waals surface area contributed by atoms with Crippen LogP contribution in [0, 0.1) is 0 Å². The number of carbonyl (C=O) groups excluding carboxylic acids is 1. The molecule has 1 fully saturated rings. The largest absolute Gasteiger partial charge is 0.378 e. The van der Waals surface area contributed by atoms with Gasteiger partial charge in [-0.2, -0.15) is 0 Å². The summed E-state index contributed by atoms with van der Waals surface area (Å²) in [6, 6.07) is 4.64. The molecule has 3 rings (SSSR count). The summed E-state index contributed by atoms with van der Waals surface area (Å²) >= 11 is 0.990. The van der Waals surface area contributed by atoms with Crippen LogP contribution in [0.1, 0.15) is 19.8 Å². The van der Waals surface area contributed by atoms with E-state index < -0.39 is 10.0 Å². The number of carbonyl (C=O) groups is 1. The molecule has 2 aromatic rings. The number of fused-ring (bicyclic) bond motifs is 1. The van der Waals surface area contributed by atoms with E-state index in [0.29, 0.717) is 49.5 Å². The molecule has 8 nitrogen and oxygen atoms in total. The molecule has 1 aliphatic rings. The first-order valence-electron chi connectivity index (χ1n) is 8.91. The van der Waals surface area contributed by atoms with Gasteiger partial charge in [-0.05, 0) is 24.6 Å². The maximum absolute atomic E-state index is 12.3. The molecule has 0 atom stereocenters. The highest BCUT2D eigenvalue weighted by molar-refractivity contribution is 7.89. The summed E-state index contributed by atoms with van der Waals surface area (Å²) in [5.41, 5.74) is 0.647. The van der Waals surface area contributed by atoms with Crippen molar-refractivity contribution in [3.05, 3.63) is 27.9 Å². The molecule has 0 saturated carbocycles. The molecule has 10 heteroatoms. The molecule has 1 aromatic carbocycles. The Morgan fingerprint density at radius 3 is 2.74 bits per heavy atom. The third-order valence-corrected chi connectivity index (χ3v) is 6.81. The number of hydrogen-bond acceptors (Lipinski definition) is 6. The Kier molecular flexibility index (Phi) is 6.30. The van der Waals surface area contributed by atoms with Crippen LogP contribution in [-0.2, 0) is 26.1 Å². The first-order valence-corrected chi connectivity index (χ1v) is 11.2. The van der Waals surface area contributed by atoms with Crippen molar-refractivity contribution in [1.29, 1.82) is 0 Å². The van der Waals surface area contributed by atoms with Crippen molar-refractivity contribution in [3.8, 4) is 0 Å². The van der Waals surface area contributed by atoms with Crippen LogP contribution < -0.4 is 9.60 Å². The van der Waals surface area contributed by atoms with Crippen molar-refractivity contribution < 1.29 is 17.9 Å². The van der Waals surface area contributed by atoms with E-state index in [-0.39, 0.29) is 28.6 Å². The highest BCUT2D eigenvalue weighted by Gasteiger charge is 2.19. The van der Waals surface area contributed by atoms with Crippen molar-refractivity contribution in [2.45, 2.75) is 31.2 Å². The lowest BCUT2D eigenvalue weighted by molar-refractivity contribution is -0.135. The zero-order valence-electron chi connectivity index (χ0n) is 15.1. The van der Waals surface area contributed by atoms with Gasteiger partial charge in [0.25, 0.3) is 0 Å². The van der Waals surface area contributed by atoms with Crippen LogP contribution in [0.4, 0.5) is 0 Å². The molecule has 0 aliphatic carbocycles. The van der Waals surface area contributed by atoms with Crippen molar-refractivity contribution in [3.63, 3.8) is 0 Å². The monoisotopic (exact) mass is 413 g/mol. The fourth-order valence-electron chi connectivity index (χ4n) is 2.92. The molecule has 2 heterocycles. The van der Waals surface area contributed by atoms with Gasteiger partial charge in [-0.1, -0.05) is 18.3 Å². The minimum Gasteiger partial charge on any atom is -0.378 e. The van der Waals surface area contributed by atoms with Crippen molar-refractivity contribution in [1.82, 2.24) is 14.2 Å². The van der Waals surface area contributed by atoms with E-state index in [9.17, 15) is 18.0 Å². The average Bonchev–Trinajstić information content (AvgIpc) is 2.99. The topological polar surface area (TPSA) is 97.7 Å². The predicted molar refractivity (Wildman–Crippen MR) is 104 cm³/mol. The van der Waals surface area contributed by atoms with Crippen LogP contribution in [0.15, 0.2) is 27.9 Å². The summed E-state index contributed by atoms with van der Waals surface area (Å²) < 4.78 is 34.4. The Hall–Kier alpha value is -1.75. The van der Waals surface area contributed by atoms with Crippen LogP contribution in [-0.4, -0.2) is 56.6 Å². The van der Waals surface area contributed by atoms with Gasteiger partial charge >= 0.3 is 4.87 Å². The Morgan fingerprint density at radius 2 is 2.04 bits per heavy atom. The van der Waals surface area contributed by atoms with Gasteiger partial charge in [0.05, 0.1) is 28.3 Å². The van der Waals surface area contributed by atoms with Gasteiger partial charge in [-0.25, -0.2) is 13.1 Å². The van der Waals surface area contributed by atoms with E-state index in [1.165, 1.54) is 16.7 Å². The lowest BCUT2D eigenvalue weighted by atomic mass is 10.3. The summed E-state index contributed by atoms with van der Waals surface area (Å²) in [6.45, 7) is 4.74. The van der Waals surface area contributed by atoms with Crippen LogP contribution >= 0.6 is 11.3 Å². The van der Waals surface area contributed by atoms with Crippen molar-refractivity contribution >= 4 is 37.5 Å². The number of hydrogen-bond donors (Lipinski definition) is 1. The number of amides is 1. The van der Waals surface area contributed by atoms with Gasteiger partial charge in [0.15, 0.2) is 0 Å². The highest BCUT2D eigenvalue weighted by Crippen LogP contribution is 2.22. The van der Waals surface area contributed by atoms with Crippen LogP contribution in [0.25, 0.3) is 10.2 Å². The van der Waals surface area contributed by atoms with Gasteiger partial charge in [-0.3, -0.25) is 14.2 Å². The third kappa shape index (κ3) is 4.57. The molecule has 1 amide bonds. The number of thiazole rings is 1. The van der Waals surface area contributed by atoms with E-state index in [0.717, 1.165) is 11.3 Å². The molecule has 27 heavy (non-hydrogen) atoms. The molecule has 1 aromatic heterocycles. The predicted octanol–water partition coefficient (Wildman–Crippen LogP) is 1.00. The van der Waals surface area contributed by atoms with Gasteiger partial charge in [0, 0.05) is 32.6 Å². The maximum Gasteiger partial charge on any atom is 0.308 e. The molecule has 1 aliphatic heterocycles. The van der Waals surface area contributed by atoms with E-state index in [2.05, 4.69) is 4.72 Å². The van der Waals surface area contributed by atoms with E-state index in [1.54, 1.807) is 11.0 Å². The second-order valence-corrected chi connectivity index (χ2v) is 9.05. The second kappa shape index (κ2) is 8.51. The number of ether oxygens (including phenoxy) is 1. The van der Waals surface area contributed by atoms with Crippen LogP contribution in [0.2, 0.25) is 0 Å². The summed E-state index contributed by atoms with van der Waals surface area (Å²) in [5.74, 6) is -0.00693. The van der Waals surface area contributed by atoms with Crippen LogP contribution in [0.3, 0.4) is 0 Å². The summed E-state index contributed by atoms with van der Waals surface area (Å²) in [5, 5.41) is 0. The zero-order valence-corrected chi connectivity index (χ0v) is 16.8. The fraction of sp³-hybridized carbons (Fsp3) is 0.529. The van der Waals surface area contributed by atoms with Gasteiger partial charge in [0.1, 0.15) is 0 Å². The standard InChI is InChI=1S/C17H23N3O5S2/c1-2-6-18-27(23,24)13-3-4-14-15(12-13)26-17(22)20(14)7-5-16(21)19-8-10-25-11-9-19/h3-4,12,18H,2,5-11H2,1H3. The number of aromatic nitrogens is 1. The number of benzene rings is 1. The zero-order chi connectivity index (χ0) is 19.4. The quantitative estimate of drug-likeness (QED) is 0.730. The third-order valence-electron chi connectivity index (χ3n) is 4.41. The van der Waals surface area contributed by atoms with Crippen molar-refractivity contribution in [2.24, 2.45) is 0 Å². The summed E-state index contributed by atoms with van der Waals surface area (Å²) in [4.78, 5) is 26.3. The molecule has 0 radical (unpaired) electrons. The molecule has 148 valence electrons. The number of aryl methyl sites for hydroxylation is 1. The number of rotatable bonds is 7. The number of morpholine rings is 1. The normalized spacial score (nSPS) is 15.4. The molecular formula is C17H23N3O5S2. The first kappa shape index (κ1) is 20.0. The first-order chi connectivity index (χ1) is 12.9. The van der Waals surface area contributed by atoms with Crippen LogP contribution in [0.5, 0.6) is 0 Å². The SMILES string of the molecule is CCCNS(=O)(=O)c1ccc2c(c1)sc(=O)n2CCC(=O)N1CCOCC1. The van der Waals surface area contributed by atoms with E-state index >= 15 is 0 Å². The Labute approximate surface area is 161 Å².